The number of hydrogen-bond donors (Lipinski definition) is 1. The summed E-state index contributed by atoms with van der Waals surface area (Å²) in [5, 5.41) is 4.83. The van der Waals surface area contributed by atoms with E-state index in [-0.39, 0.29) is 10.8 Å². The van der Waals surface area contributed by atoms with E-state index in [0.29, 0.717) is 22.0 Å². The third kappa shape index (κ3) is 4.27. The van der Waals surface area contributed by atoms with Crippen LogP contribution in [0.4, 0.5) is 0 Å². The molecule has 7 nitrogen and oxygen atoms in total. The van der Waals surface area contributed by atoms with Gasteiger partial charge in [-0.2, -0.15) is 5.10 Å². The lowest BCUT2D eigenvalue weighted by Crippen LogP contribution is -2.19. The fourth-order valence-corrected chi connectivity index (χ4v) is 5.29. The molecular formula is C27H22N4O3S. The first kappa shape index (κ1) is 22.4. The lowest BCUT2D eigenvalue weighted by molar-refractivity contribution is 0.0955. The molecule has 5 aromatic rings. The lowest BCUT2D eigenvalue weighted by Gasteiger charge is -2.08. The molecule has 35 heavy (non-hydrogen) atoms. The third-order valence-electron chi connectivity index (χ3n) is 5.69. The second-order valence-electron chi connectivity index (χ2n) is 8.02. The Bertz CT molecular complexity index is 1650. The SMILES string of the molecule is Cc1ccc(S(=O)(=O)n2cc(C=NNC(=O)c3ccccc3-n3cccc3)c3ccccc32)cc1. The molecule has 0 aliphatic heterocycles. The molecule has 3 aromatic carbocycles. The third-order valence-corrected chi connectivity index (χ3v) is 7.38. The van der Waals surface area contributed by atoms with Crippen molar-refractivity contribution in [1.29, 1.82) is 0 Å². The molecule has 0 fully saturated rings. The lowest BCUT2D eigenvalue weighted by atomic mass is 10.1. The number of hydrazone groups is 1. The van der Waals surface area contributed by atoms with Gasteiger partial charge in [-0.15, -0.1) is 0 Å². The number of nitrogens with zero attached hydrogens (tertiary/aromatic N) is 3. The van der Waals surface area contributed by atoms with Gasteiger partial charge in [0.15, 0.2) is 0 Å². The number of para-hydroxylation sites is 2. The summed E-state index contributed by atoms with van der Waals surface area (Å²) < 4.78 is 29.8. The van der Waals surface area contributed by atoms with Gasteiger partial charge in [0.2, 0.25) is 0 Å². The molecule has 1 amide bonds. The molecule has 0 spiro atoms. The molecule has 8 heteroatoms. The van der Waals surface area contributed by atoms with E-state index in [9.17, 15) is 13.2 Å². The first-order valence-electron chi connectivity index (χ1n) is 10.9. The Labute approximate surface area is 203 Å². The number of rotatable bonds is 6. The van der Waals surface area contributed by atoms with Gasteiger partial charge >= 0.3 is 0 Å². The van der Waals surface area contributed by atoms with Crippen molar-refractivity contribution in [2.75, 3.05) is 0 Å². The van der Waals surface area contributed by atoms with E-state index in [0.717, 1.165) is 11.3 Å². The number of aromatic nitrogens is 2. The first-order valence-corrected chi connectivity index (χ1v) is 12.4. The minimum absolute atomic E-state index is 0.197. The molecule has 5 rings (SSSR count). The number of amides is 1. The number of aryl methyl sites for hydroxylation is 1. The van der Waals surface area contributed by atoms with E-state index in [4.69, 9.17) is 0 Å². The maximum Gasteiger partial charge on any atom is 0.273 e. The summed E-state index contributed by atoms with van der Waals surface area (Å²) >= 11 is 0. The highest BCUT2D eigenvalue weighted by Crippen LogP contribution is 2.25. The van der Waals surface area contributed by atoms with Crippen LogP contribution in [0.25, 0.3) is 16.6 Å². The molecule has 2 heterocycles. The van der Waals surface area contributed by atoms with Crippen molar-refractivity contribution in [2.24, 2.45) is 5.10 Å². The van der Waals surface area contributed by atoms with Gasteiger partial charge in [-0.3, -0.25) is 4.79 Å². The summed E-state index contributed by atoms with van der Waals surface area (Å²) in [4.78, 5) is 13.0. The zero-order valence-corrected chi connectivity index (χ0v) is 19.7. The zero-order chi connectivity index (χ0) is 24.4. The molecule has 0 atom stereocenters. The molecule has 2 aromatic heterocycles. The normalized spacial score (nSPS) is 11.8. The van der Waals surface area contributed by atoms with Gasteiger partial charge in [-0.1, -0.05) is 48.0 Å². The van der Waals surface area contributed by atoms with Crippen molar-refractivity contribution < 1.29 is 13.2 Å². The highest BCUT2D eigenvalue weighted by atomic mass is 32.2. The minimum atomic E-state index is -3.81. The van der Waals surface area contributed by atoms with Crippen LogP contribution in [0, 0.1) is 6.92 Å². The van der Waals surface area contributed by atoms with Crippen molar-refractivity contribution in [3.8, 4) is 5.69 Å². The molecule has 0 bridgehead atoms. The van der Waals surface area contributed by atoms with Crippen molar-refractivity contribution >= 4 is 33.0 Å². The van der Waals surface area contributed by atoms with Crippen LogP contribution in [-0.4, -0.2) is 29.1 Å². The predicted octanol–water partition coefficient (Wildman–Crippen LogP) is 4.74. The molecule has 1 N–H and O–H groups in total. The Balaban J connectivity index is 1.46. The summed E-state index contributed by atoms with van der Waals surface area (Å²) in [6.07, 6.45) is 6.69. The molecule has 0 aliphatic carbocycles. The average Bonchev–Trinajstić information content (AvgIpc) is 3.53. The Morgan fingerprint density at radius 1 is 0.886 bits per heavy atom. The largest absolute Gasteiger partial charge is 0.323 e. The van der Waals surface area contributed by atoms with Crippen LogP contribution in [-0.2, 0) is 10.0 Å². The number of nitrogens with one attached hydrogen (secondary N) is 1. The summed E-state index contributed by atoms with van der Waals surface area (Å²) in [5.41, 5.74) is 5.82. The zero-order valence-electron chi connectivity index (χ0n) is 18.9. The highest BCUT2D eigenvalue weighted by molar-refractivity contribution is 7.90. The maximum absolute atomic E-state index is 13.3. The van der Waals surface area contributed by atoms with E-state index < -0.39 is 10.0 Å². The second kappa shape index (κ2) is 9.08. The molecule has 0 unspecified atom stereocenters. The van der Waals surface area contributed by atoms with E-state index in [1.54, 1.807) is 48.5 Å². The maximum atomic E-state index is 13.3. The number of carbonyl (C=O) groups is 1. The van der Waals surface area contributed by atoms with Gasteiger partial charge < -0.3 is 4.57 Å². The minimum Gasteiger partial charge on any atom is -0.323 e. The van der Waals surface area contributed by atoms with Crippen LogP contribution in [0.1, 0.15) is 21.5 Å². The van der Waals surface area contributed by atoms with E-state index in [1.165, 1.54) is 16.4 Å². The standard InChI is InChI=1S/C27H22N4O3S/c1-20-12-14-22(15-13-20)35(33,34)31-19-21(23-8-2-5-11-26(23)31)18-28-29-27(32)24-9-3-4-10-25(24)30-16-6-7-17-30/h2-19H,1H3,(H,29,32). The van der Waals surface area contributed by atoms with Crippen LogP contribution in [0.5, 0.6) is 0 Å². The van der Waals surface area contributed by atoms with Crippen LogP contribution in [0.15, 0.2) is 114 Å². The first-order chi connectivity index (χ1) is 16.9. The number of fused-ring (bicyclic) bond motifs is 1. The van der Waals surface area contributed by atoms with E-state index >= 15 is 0 Å². The summed E-state index contributed by atoms with van der Waals surface area (Å²) in [7, 11) is -3.81. The van der Waals surface area contributed by atoms with Gasteiger partial charge in [0.25, 0.3) is 15.9 Å². The van der Waals surface area contributed by atoms with Crippen LogP contribution in [0.3, 0.4) is 0 Å². The highest BCUT2D eigenvalue weighted by Gasteiger charge is 2.20. The molecule has 0 radical (unpaired) electrons. The quantitative estimate of drug-likeness (QED) is 0.280. The van der Waals surface area contributed by atoms with Gasteiger partial charge in [-0.05, 0) is 49.4 Å². The Morgan fingerprint density at radius 2 is 1.57 bits per heavy atom. The van der Waals surface area contributed by atoms with Gasteiger partial charge in [0, 0.05) is 29.5 Å². The monoisotopic (exact) mass is 482 g/mol. The predicted molar refractivity (Wildman–Crippen MR) is 137 cm³/mol. The van der Waals surface area contributed by atoms with Crippen molar-refractivity contribution in [2.45, 2.75) is 11.8 Å². The van der Waals surface area contributed by atoms with Crippen LogP contribution >= 0.6 is 0 Å². The Morgan fingerprint density at radius 3 is 2.34 bits per heavy atom. The van der Waals surface area contributed by atoms with Gasteiger partial charge in [0.1, 0.15) is 0 Å². The van der Waals surface area contributed by atoms with Crippen molar-refractivity contribution in [1.82, 2.24) is 14.0 Å². The van der Waals surface area contributed by atoms with E-state index in [2.05, 4.69) is 10.5 Å². The Kier molecular flexibility index (Phi) is 5.80. The van der Waals surface area contributed by atoms with Crippen LogP contribution < -0.4 is 5.43 Å². The van der Waals surface area contributed by atoms with Crippen LogP contribution in [0.2, 0.25) is 0 Å². The molecule has 0 saturated carbocycles. The molecule has 0 aliphatic rings. The summed E-state index contributed by atoms with van der Waals surface area (Å²) in [6, 6.07) is 24.9. The van der Waals surface area contributed by atoms with Crippen molar-refractivity contribution in [3.05, 3.63) is 120 Å². The van der Waals surface area contributed by atoms with Gasteiger partial charge in [-0.25, -0.2) is 17.8 Å². The molecule has 0 saturated heterocycles. The smallest absolute Gasteiger partial charge is 0.273 e. The number of benzene rings is 3. The summed E-state index contributed by atoms with van der Waals surface area (Å²) in [6.45, 7) is 1.90. The number of hydrogen-bond acceptors (Lipinski definition) is 4. The van der Waals surface area contributed by atoms with Crippen molar-refractivity contribution in [3.63, 3.8) is 0 Å². The molecule has 174 valence electrons. The van der Waals surface area contributed by atoms with Gasteiger partial charge in [0.05, 0.1) is 27.9 Å². The Hall–Kier alpha value is -4.43. The number of carbonyl (C=O) groups excluding carboxylic acids is 1. The topological polar surface area (TPSA) is 85.5 Å². The molecular weight excluding hydrogens is 460 g/mol. The average molecular weight is 483 g/mol. The van der Waals surface area contributed by atoms with E-state index in [1.807, 2.05) is 60.3 Å². The fourth-order valence-electron chi connectivity index (χ4n) is 3.91. The fraction of sp³-hybridized carbons (Fsp3) is 0.0370. The summed E-state index contributed by atoms with van der Waals surface area (Å²) in [5.74, 6) is -0.374. The second-order valence-corrected chi connectivity index (χ2v) is 9.84.